The zero-order chi connectivity index (χ0) is 59.6. The molecule has 14 N–H and O–H groups in total. The molecule has 1 spiro atoms. The number of hydrogen-bond donors (Lipinski definition) is 12. The minimum Gasteiger partial charge on any atom is -0.486 e. The second kappa shape index (κ2) is 23.8. The third kappa shape index (κ3) is 10.4. The highest BCUT2D eigenvalue weighted by atomic mass is 16.7. The van der Waals surface area contributed by atoms with Gasteiger partial charge >= 0.3 is 0 Å². The van der Waals surface area contributed by atoms with E-state index >= 15 is 9.59 Å². The van der Waals surface area contributed by atoms with E-state index in [0.29, 0.717) is 67.2 Å². The van der Waals surface area contributed by atoms with Gasteiger partial charge in [-0.15, -0.1) is 0 Å². The van der Waals surface area contributed by atoms with Gasteiger partial charge in [0.25, 0.3) is 0 Å². The Morgan fingerprint density at radius 1 is 0.965 bits per heavy atom. The van der Waals surface area contributed by atoms with Crippen molar-refractivity contribution in [1.82, 2.24) is 26.6 Å². The molecule has 3 aromatic rings. The molecular weight excluding hydrogens is 1100 g/mol. The third-order valence-corrected chi connectivity index (χ3v) is 19.4. The molecule has 456 valence electrons. The molecule has 0 aromatic heterocycles. The van der Waals surface area contributed by atoms with E-state index in [2.05, 4.69) is 50.6 Å². The second-order valence-electron chi connectivity index (χ2n) is 24.7. The molecule has 22 nitrogen and oxygen atoms in total. The van der Waals surface area contributed by atoms with Gasteiger partial charge in [0, 0.05) is 70.8 Å². The Labute approximate surface area is 498 Å². The van der Waals surface area contributed by atoms with Crippen molar-refractivity contribution in [3.63, 3.8) is 0 Å². The molecule has 6 aliphatic heterocycles. The van der Waals surface area contributed by atoms with Gasteiger partial charge in [-0.05, 0) is 85.4 Å². The van der Waals surface area contributed by atoms with E-state index < -0.39 is 109 Å². The normalized spacial score (nSPS) is 33.1. The van der Waals surface area contributed by atoms with Gasteiger partial charge in [0.2, 0.25) is 12.2 Å². The lowest BCUT2D eigenvalue weighted by Gasteiger charge is -2.52. The van der Waals surface area contributed by atoms with E-state index in [1.165, 1.54) is 12.1 Å². The summed E-state index contributed by atoms with van der Waals surface area (Å²) in [4.78, 5) is 58.5. The number of carbonyl (C=O) groups is 4. The molecule has 3 aromatic carbocycles. The van der Waals surface area contributed by atoms with Crippen LogP contribution in [0, 0.1) is 23.7 Å². The number of rotatable bonds is 13. The maximum Gasteiger partial charge on any atom is 0.242 e. The van der Waals surface area contributed by atoms with Crippen molar-refractivity contribution in [3.05, 3.63) is 123 Å². The summed E-state index contributed by atoms with van der Waals surface area (Å²) >= 11 is 0. The highest BCUT2D eigenvalue weighted by Crippen LogP contribution is 2.55. The molecule has 5 fully saturated rings. The second-order valence-corrected chi connectivity index (χ2v) is 24.7. The summed E-state index contributed by atoms with van der Waals surface area (Å²) in [6, 6.07) is 13.1. The van der Waals surface area contributed by atoms with Crippen LogP contribution >= 0.6 is 0 Å². The van der Waals surface area contributed by atoms with Crippen LogP contribution < -0.4 is 52.4 Å². The molecule has 6 heterocycles. The number of nitrogens with two attached hydrogens (primary N) is 2. The van der Waals surface area contributed by atoms with Crippen LogP contribution in [0.5, 0.6) is 11.5 Å². The van der Waals surface area contributed by atoms with Gasteiger partial charge in [0.05, 0.1) is 55.9 Å². The zero-order valence-electron chi connectivity index (χ0n) is 47.8. The average molecular weight is 1180 g/mol. The number of nitrogens with one attached hydrogen (secondary N) is 5. The zero-order valence-corrected chi connectivity index (χ0v) is 47.8. The summed E-state index contributed by atoms with van der Waals surface area (Å²) < 4.78 is 35.9. The van der Waals surface area contributed by atoms with Crippen molar-refractivity contribution in [2.24, 2.45) is 23.3 Å². The quantitative estimate of drug-likeness (QED) is 0.0510. The highest BCUT2D eigenvalue weighted by Gasteiger charge is 2.65. The fraction of sp³-hybridized carbons (Fsp3) is 0.531. The Balaban J connectivity index is 1.04. The number of carbonyl (C=O) groups excluding carboxylic acids is 4. The van der Waals surface area contributed by atoms with Gasteiger partial charge in [-0.1, -0.05) is 80.0 Å². The van der Waals surface area contributed by atoms with Gasteiger partial charge in [-0.25, -0.2) is 0 Å². The number of nitrogens with zero attached hydrogens (tertiary/aromatic N) is 1. The van der Waals surface area contributed by atoms with E-state index in [9.17, 15) is 35.1 Å². The van der Waals surface area contributed by atoms with Gasteiger partial charge < -0.3 is 80.6 Å². The molecule has 86 heavy (non-hydrogen) atoms. The van der Waals surface area contributed by atoms with Crippen LogP contribution in [0.3, 0.4) is 0 Å². The summed E-state index contributed by atoms with van der Waals surface area (Å²) in [7, 11) is 0. The molecule has 3 bridgehead atoms. The first-order valence-electron chi connectivity index (χ1n) is 30.4. The Bertz CT molecular complexity index is 3330. The minimum absolute atomic E-state index is 0.0252. The lowest BCUT2D eigenvalue weighted by atomic mass is 9.73. The van der Waals surface area contributed by atoms with Gasteiger partial charge in [-0.2, -0.15) is 0 Å². The topological polar surface area (TPSA) is 331 Å². The van der Waals surface area contributed by atoms with Crippen LogP contribution in [-0.2, 0) is 30.4 Å². The summed E-state index contributed by atoms with van der Waals surface area (Å²) in [6.45, 7) is -0.522. The van der Waals surface area contributed by atoms with Gasteiger partial charge in [0.15, 0.2) is 28.7 Å². The standard InChI is InChI=1S/C64H76N8O14/c65-57-48-39(19-24-67-57)34(15-18-45(48)69-36-8-1-2-9-36)29-82-55-56(79)64(81)23-7-10-37(75)16-14-35-30-84-63(21-5-6-22-63)61(64)86-60(55)85-53-44(47(35)41-11-3-4-12-46(41)72-32-68-50-58(72)70-62(66)71-59(50)80)27-43-49(54(53)83-31-38(76)20-25-73)52(78)42-26-33(28-74)13-17-40(42)51(43)77/h3-4,11-13,15,17-19,25-27,34-38,45,47,50,55-56,58,60-62,67-70,74-76,79,81H,1-2,5-6,8-10,14,16,20-22,24,28-32,65-66H2,(H,71,80). The van der Waals surface area contributed by atoms with Crippen LogP contribution in [0.25, 0.3) is 0 Å². The van der Waals surface area contributed by atoms with E-state index in [-0.39, 0.29) is 96.8 Å². The number of anilines is 1. The average Bonchev–Trinajstić information content (AvgIpc) is 1.16. The van der Waals surface area contributed by atoms with Crippen LogP contribution in [0.15, 0.2) is 83.7 Å². The monoisotopic (exact) mass is 1180 g/mol. The van der Waals surface area contributed by atoms with E-state index in [1.807, 2.05) is 35.2 Å². The van der Waals surface area contributed by atoms with Crippen molar-refractivity contribution in [1.29, 1.82) is 0 Å². The first-order chi connectivity index (χ1) is 41.7. The predicted octanol–water partition coefficient (Wildman–Crippen LogP) is 1.31. The maximum absolute atomic E-state index is 15.5. The van der Waals surface area contributed by atoms with Crippen LogP contribution in [0.1, 0.15) is 132 Å². The summed E-state index contributed by atoms with van der Waals surface area (Å²) in [5, 5.41) is 77.0. The number of fused-ring (bicyclic) bond motifs is 8. The van der Waals surface area contributed by atoms with Gasteiger partial charge in [-0.3, -0.25) is 30.8 Å². The first kappa shape index (κ1) is 58.5. The van der Waals surface area contributed by atoms with Crippen molar-refractivity contribution in [3.8, 4) is 23.3 Å². The fourth-order valence-electron chi connectivity index (χ4n) is 15.1. The van der Waals surface area contributed by atoms with Crippen molar-refractivity contribution >= 4 is 29.4 Å². The smallest absolute Gasteiger partial charge is 0.242 e. The summed E-state index contributed by atoms with van der Waals surface area (Å²) in [5.74, 6) is 2.57. The Hall–Kier alpha value is -6.56. The number of ketones is 2. The Kier molecular flexibility index (Phi) is 16.2. The third-order valence-electron chi connectivity index (χ3n) is 19.4. The number of hydrogen-bond acceptors (Lipinski definition) is 21. The molecule has 10 aliphatic rings. The number of aliphatic hydroxyl groups excluding tert-OH is 4. The lowest BCUT2D eigenvalue weighted by molar-refractivity contribution is -0.335. The lowest BCUT2D eigenvalue weighted by Crippen LogP contribution is -2.72. The molecule has 14 unspecified atom stereocenters. The number of dihydropyridines is 1. The van der Waals surface area contributed by atoms with Crippen LogP contribution in [-0.4, -0.2) is 161 Å². The molecular formula is C64H76N8O14. The summed E-state index contributed by atoms with van der Waals surface area (Å²) in [6.07, 6.45) is 2.52. The Morgan fingerprint density at radius 2 is 1.78 bits per heavy atom. The number of aliphatic hydroxyl groups is 5. The number of ether oxygens (including phenoxy) is 5. The number of aldehydes is 1. The minimum atomic E-state index is -2.42. The maximum atomic E-state index is 15.5. The van der Waals surface area contributed by atoms with Crippen molar-refractivity contribution < 1.29 is 68.4 Å². The molecule has 14 atom stereocenters. The summed E-state index contributed by atoms with van der Waals surface area (Å²) in [5.41, 5.74) is 12.9. The number of amides is 1. The van der Waals surface area contributed by atoms with Crippen LogP contribution in [0.2, 0.25) is 0 Å². The van der Waals surface area contributed by atoms with E-state index in [1.54, 1.807) is 12.1 Å². The predicted molar refractivity (Wildman–Crippen MR) is 311 cm³/mol. The molecule has 13 rings (SSSR count). The van der Waals surface area contributed by atoms with Crippen molar-refractivity contribution in [2.75, 3.05) is 37.9 Å². The van der Waals surface area contributed by atoms with E-state index in [4.69, 9.17) is 35.2 Å². The molecule has 0 radical (unpaired) electrons. The molecule has 3 saturated heterocycles. The van der Waals surface area contributed by atoms with E-state index in [0.717, 1.165) is 36.8 Å². The first-order valence-corrected chi connectivity index (χ1v) is 30.4. The molecule has 22 heteroatoms. The molecule has 2 saturated carbocycles. The van der Waals surface area contributed by atoms with Crippen molar-refractivity contribution in [2.45, 2.75) is 168 Å². The van der Waals surface area contributed by atoms with Crippen LogP contribution in [0.4, 0.5) is 5.69 Å². The molecule has 1 amide bonds. The molecule has 4 aliphatic carbocycles. The largest absolute Gasteiger partial charge is 0.486 e. The number of para-hydroxylation sites is 1. The fourth-order valence-corrected chi connectivity index (χ4v) is 15.1. The number of benzene rings is 3. The SMILES string of the molecule is NC1=C2C(=CCN1)C(COC1C3Oc4c(cc5c(c4OCC(O)CC=O)C(=O)c4cc(CO)ccc4C5=O)C(c4ccccc4N4CNC5C(=O)NC(N)NC54)C4CCC(O)CC#CC(O)(C1O)C(O3)C1(CCCC1)OC4)C=CC2NC1CCCC1. The highest BCUT2D eigenvalue weighted by molar-refractivity contribution is 6.29. The Morgan fingerprint density at radius 3 is 2.58 bits per heavy atom. The van der Waals surface area contributed by atoms with Gasteiger partial charge in [0.1, 0.15) is 55.5 Å².